The molecule has 0 spiro atoms. The zero-order chi connectivity index (χ0) is 13.2. The number of sulfone groups is 1. The van der Waals surface area contributed by atoms with Crippen molar-refractivity contribution in [2.45, 2.75) is 38.3 Å². The van der Waals surface area contributed by atoms with Crippen molar-refractivity contribution in [1.82, 2.24) is 9.55 Å². The predicted molar refractivity (Wildman–Crippen MR) is 62.6 cm³/mol. The van der Waals surface area contributed by atoms with E-state index in [2.05, 4.69) is 4.98 Å². The van der Waals surface area contributed by atoms with Crippen molar-refractivity contribution in [3.8, 4) is 0 Å². The molecule has 0 atom stereocenters. The first-order valence-electron chi connectivity index (χ1n) is 5.28. The molecule has 0 aliphatic carbocycles. The highest BCUT2D eigenvalue weighted by Gasteiger charge is 2.21. The van der Waals surface area contributed by atoms with Gasteiger partial charge < -0.3 is 9.67 Å². The van der Waals surface area contributed by atoms with Gasteiger partial charge in [0.2, 0.25) is 0 Å². The molecule has 0 saturated carbocycles. The van der Waals surface area contributed by atoms with Crippen LogP contribution in [0, 0.1) is 0 Å². The summed E-state index contributed by atoms with van der Waals surface area (Å²) in [6, 6.07) is 0. The van der Waals surface area contributed by atoms with E-state index >= 15 is 0 Å². The van der Waals surface area contributed by atoms with Gasteiger partial charge in [0, 0.05) is 12.7 Å². The van der Waals surface area contributed by atoms with E-state index in [0.29, 0.717) is 6.54 Å². The number of aryl methyl sites for hydroxylation is 1. The van der Waals surface area contributed by atoms with Gasteiger partial charge in [-0.2, -0.15) is 0 Å². The fourth-order valence-corrected chi connectivity index (χ4v) is 2.22. The Morgan fingerprint density at radius 1 is 1.53 bits per heavy atom. The molecule has 0 bridgehead atoms. The van der Waals surface area contributed by atoms with Gasteiger partial charge >= 0.3 is 5.97 Å². The lowest BCUT2D eigenvalue weighted by Crippen LogP contribution is -2.18. The lowest BCUT2D eigenvalue weighted by molar-refractivity contribution is 0.0691. The molecule has 1 N–H and O–H groups in total. The number of aromatic carboxylic acids is 1. The van der Waals surface area contributed by atoms with Crippen molar-refractivity contribution in [2.75, 3.05) is 0 Å². The summed E-state index contributed by atoms with van der Waals surface area (Å²) < 4.78 is 25.0. The molecule has 0 radical (unpaired) electrons. The van der Waals surface area contributed by atoms with E-state index in [1.54, 1.807) is 25.3 Å². The average Bonchev–Trinajstić information content (AvgIpc) is 2.60. The monoisotopic (exact) mass is 260 g/mol. The quantitative estimate of drug-likeness (QED) is 0.850. The highest BCUT2D eigenvalue weighted by atomic mass is 32.2. The first-order valence-corrected chi connectivity index (χ1v) is 7.00. The van der Waals surface area contributed by atoms with Gasteiger partial charge in [0.25, 0.3) is 0 Å². The third-order valence-corrected chi connectivity index (χ3v) is 4.56. The highest BCUT2D eigenvalue weighted by Crippen LogP contribution is 2.12. The van der Waals surface area contributed by atoms with Crippen LogP contribution in [0.3, 0.4) is 0 Å². The lowest BCUT2D eigenvalue weighted by Gasteiger charge is -2.08. The van der Waals surface area contributed by atoms with E-state index in [1.165, 1.54) is 6.20 Å². The van der Waals surface area contributed by atoms with Gasteiger partial charge in [0.05, 0.1) is 5.25 Å². The third kappa shape index (κ3) is 3.06. The smallest absolute Gasteiger partial charge is 0.356 e. The lowest BCUT2D eigenvalue weighted by atomic mass is 10.5. The number of nitrogens with zero attached hydrogens (tertiary/aromatic N) is 2. The molecule has 96 valence electrons. The Morgan fingerprint density at radius 2 is 2.12 bits per heavy atom. The molecule has 0 aliphatic heterocycles. The summed E-state index contributed by atoms with van der Waals surface area (Å²) >= 11 is 0. The van der Waals surface area contributed by atoms with Crippen molar-refractivity contribution in [3.63, 3.8) is 0 Å². The molecule has 0 aliphatic rings. The molecule has 0 aromatic carbocycles. The minimum absolute atomic E-state index is 0.124. The second-order valence-corrected chi connectivity index (χ2v) is 6.55. The molecule has 0 saturated heterocycles. The summed E-state index contributed by atoms with van der Waals surface area (Å²) in [4.78, 5) is 14.6. The first-order chi connectivity index (χ1) is 7.77. The molecule has 0 unspecified atom stereocenters. The predicted octanol–water partition coefficient (Wildman–Crippen LogP) is 0.924. The van der Waals surface area contributed by atoms with Gasteiger partial charge in [0.1, 0.15) is 11.6 Å². The number of carbonyl (C=O) groups is 1. The van der Waals surface area contributed by atoms with Gasteiger partial charge in [-0.25, -0.2) is 18.2 Å². The van der Waals surface area contributed by atoms with E-state index in [-0.39, 0.29) is 17.3 Å². The Labute approximate surface area is 100 Å². The molecule has 7 heteroatoms. The first kappa shape index (κ1) is 13.7. The average molecular weight is 260 g/mol. The van der Waals surface area contributed by atoms with Crippen LogP contribution in [-0.2, 0) is 22.1 Å². The maximum Gasteiger partial charge on any atom is 0.356 e. The molecule has 17 heavy (non-hydrogen) atoms. The molecule has 1 aromatic heterocycles. The van der Waals surface area contributed by atoms with Crippen LogP contribution in [0.1, 0.15) is 37.1 Å². The molecule has 1 heterocycles. The van der Waals surface area contributed by atoms with Gasteiger partial charge in [0.15, 0.2) is 15.5 Å². The van der Waals surface area contributed by atoms with Crippen LogP contribution >= 0.6 is 0 Å². The van der Waals surface area contributed by atoms with Crippen LogP contribution in [0.2, 0.25) is 0 Å². The maximum atomic E-state index is 11.7. The maximum absolute atomic E-state index is 11.7. The fraction of sp³-hybridized carbons (Fsp3) is 0.600. The van der Waals surface area contributed by atoms with E-state index < -0.39 is 21.1 Å². The number of carboxylic acid groups (broad SMARTS) is 1. The van der Waals surface area contributed by atoms with Gasteiger partial charge in [-0.1, -0.05) is 0 Å². The topological polar surface area (TPSA) is 89.3 Å². The van der Waals surface area contributed by atoms with Crippen LogP contribution in [0.5, 0.6) is 0 Å². The minimum Gasteiger partial charge on any atom is -0.476 e. The van der Waals surface area contributed by atoms with Crippen molar-refractivity contribution < 1.29 is 18.3 Å². The molecule has 1 rings (SSSR count). The second kappa shape index (κ2) is 4.87. The second-order valence-electron chi connectivity index (χ2n) is 3.99. The summed E-state index contributed by atoms with van der Waals surface area (Å²) in [5.41, 5.74) is -0.124. The molecule has 1 aromatic rings. The number of aromatic nitrogens is 2. The van der Waals surface area contributed by atoms with Crippen LogP contribution in [-0.4, -0.2) is 34.3 Å². The number of carboxylic acids is 1. The fourth-order valence-electron chi connectivity index (χ4n) is 1.29. The number of hydrogen-bond donors (Lipinski definition) is 1. The number of rotatable bonds is 5. The standard InChI is InChI=1S/C10H16N2O4S/c1-4-12-5-8(10(13)14)11-9(12)6-17(15,16)7(2)3/h5,7H,4,6H2,1-3H3,(H,13,14). The van der Waals surface area contributed by atoms with Gasteiger partial charge in [-0.05, 0) is 20.8 Å². The Hall–Kier alpha value is -1.37. The largest absolute Gasteiger partial charge is 0.476 e. The Bertz CT molecular complexity index is 516. The van der Waals surface area contributed by atoms with E-state index in [1.807, 2.05) is 0 Å². The number of imidazole rings is 1. The van der Waals surface area contributed by atoms with Crippen molar-refractivity contribution in [1.29, 1.82) is 0 Å². The Kier molecular flexibility index (Phi) is 3.92. The summed E-state index contributed by atoms with van der Waals surface area (Å²) in [5, 5.41) is 8.30. The van der Waals surface area contributed by atoms with Crippen LogP contribution < -0.4 is 0 Å². The van der Waals surface area contributed by atoms with Crippen LogP contribution in [0.25, 0.3) is 0 Å². The molecular weight excluding hydrogens is 244 g/mol. The SMILES string of the molecule is CCn1cc(C(=O)O)nc1CS(=O)(=O)C(C)C. The van der Waals surface area contributed by atoms with Crippen molar-refractivity contribution >= 4 is 15.8 Å². The van der Waals surface area contributed by atoms with Crippen molar-refractivity contribution in [2.24, 2.45) is 0 Å². The minimum atomic E-state index is -3.27. The van der Waals surface area contributed by atoms with E-state index in [0.717, 1.165) is 0 Å². The highest BCUT2D eigenvalue weighted by molar-refractivity contribution is 7.91. The summed E-state index contributed by atoms with van der Waals surface area (Å²) in [5.74, 6) is -1.11. The Morgan fingerprint density at radius 3 is 2.53 bits per heavy atom. The van der Waals surface area contributed by atoms with Crippen LogP contribution in [0.4, 0.5) is 0 Å². The molecule has 6 nitrogen and oxygen atoms in total. The van der Waals surface area contributed by atoms with Gasteiger partial charge in [-0.15, -0.1) is 0 Å². The third-order valence-electron chi connectivity index (χ3n) is 2.47. The van der Waals surface area contributed by atoms with Crippen molar-refractivity contribution in [3.05, 3.63) is 17.7 Å². The molecule has 0 fully saturated rings. The zero-order valence-corrected chi connectivity index (χ0v) is 10.9. The summed E-state index contributed by atoms with van der Waals surface area (Å²) in [6.45, 7) is 5.47. The molecular formula is C10H16N2O4S. The van der Waals surface area contributed by atoms with E-state index in [4.69, 9.17) is 5.11 Å². The normalized spacial score (nSPS) is 12.0. The number of hydrogen-bond acceptors (Lipinski definition) is 4. The summed E-state index contributed by atoms with van der Waals surface area (Å²) in [6.07, 6.45) is 1.35. The summed E-state index contributed by atoms with van der Waals surface area (Å²) in [7, 11) is -3.27. The van der Waals surface area contributed by atoms with Crippen LogP contribution in [0.15, 0.2) is 6.20 Å². The van der Waals surface area contributed by atoms with E-state index in [9.17, 15) is 13.2 Å². The van der Waals surface area contributed by atoms with Gasteiger partial charge in [-0.3, -0.25) is 0 Å². The zero-order valence-electron chi connectivity index (χ0n) is 10.0. The Balaban J connectivity index is 3.10. The molecule has 0 amide bonds.